The number of carbonyl (C=O) groups is 2. The minimum Gasteiger partial charge on any atom is -0.487 e. The smallest absolute Gasteiger partial charge is 0.408 e. The highest BCUT2D eigenvalue weighted by atomic mass is 35.5. The molecule has 1 heterocycles. The van der Waals surface area contributed by atoms with Gasteiger partial charge in [-0.05, 0) is 51.4 Å². The largest absolute Gasteiger partial charge is 0.487 e. The average molecular weight is 534 g/mol. The van der Waals surface area contributed by atoms with Crippen molar-refractivity contribution in [3.8, 4) is 5.75 Å². The number of amides is 1. The molecule has 0 spiro atoms. The molecule has 2 N–H and O–H groups in total. The summed E-state index contributed by atoms with van der Waals surface area (Å²) in [5.41, 5.74) is 1.70. The van der Waals surface area contributed by atoms with Crippen LogP contribution in [0, 0.1) is 5.82 Å². The first-order valence-electron chi connectivity index (χ1n) is 12.4. The van der Waals surface area contributed by atoms with Crippen molar-refractivity contribution in [1.29, 1.82) is 0 Å². The molecule has 1 saturated carbocycles. The highest BCUT2D eigenvalue weighted by Crippen LogP contribution is 2.44. The molecule has 0 aromatic heterocycles. The fourth-order valence-electron chi connectivity index (χ4n) is 5.81. The molecular formula is C27H33ClFN3O5. The molecule has 0 bridgehead atoms. The van der Waals surface area contributed by atoms with Gasteiger partial charge in [0.05, 0.1) is 12.2 Å². The Balaban J connectivity index is 1.51. The minimum absolute atomic E-state index is 0.0472. The van der Waals surface area contributed by atoms with Gasteiger partial charge in [-0.15, -0.1) is 0 Å². The Morgan fingerprint density at radius 2 is 1.76 bits per heavy atom. The van der Waals surface area contributed by atoms with E-state index in [0.717, 1.165) is 36.6 Å². The maximum absolute atomic E-state index is 14.7. The number of hydrogen-bond donors (Lipinski definition) is 2. The monoisotopic (exact) mass is 533 g/mol. The van der Waals surface area contributed by atoms with E-state index in [-0.39, 0.29) is 35.3 Å². The van der Waals surface area contributed by atoms with Gasteiger partial charge in [0.15, 0.2) is 0 Å². The lowest BCUT2D eigenvalue weighted by Crippen LogP contribution is -2.48. The van der Waals surface area contributed by atoms with E-state index in [2.05, 4.69) is 43.3 Å². The fraction of sp³-hybridized carbons (Fsp3) is 0.481. The van der Waals surface area contributed by atoms with Crippen molar-refractivity contribution >= 4 is 29.4 Å². The number of hydrogen-bond acceptors (Lipinski definition) is 5. The molecule has 37 heavy (non-hydrogen) atoms. The second-order valence-electron chi connectivity index (χ2n) is 10.1. The molecule has 1 saturated heterocycles. The van der Waals surface area contributed by atoms with Crippen LogP contribution in [0.25, 0.3) is 0 Å². The van der Waals surface area contributed by atoms with Crippen LogP contribution in [-0.2, 0) is 10.3 Å². The Hall–Kier alpha value is -3.04. The third kappa shape index (κ3) is 5.33. The Labute approximate surface area is 221 Å². The quantitative estimate of drug-likeness (QED) is 0.523. The number of carboxylic acid groups (broad SMARTS) is 2. The fourth-order valence-corrected chi connectivity index (χ4v) is 6.09. The van der Waals surface area contributed by atoms with E-state index in [1.165, 1.54) is 11.6 Å². The summed E-state index contributed by atoms with van der Waals surface area (Å²) in [6, 6.07) is 11.9. The van der Waals surface area contributed by atoms with Gasteiger partial charge < -0.3 is 19.8 Å². The summed E-state index contributed by atoms with van der Waals surface area (Å²) in [7, 11) is 6.10. The van der Waals surface area contributed by atoms with Crippen LogP contribution in [0.15, 0.2) is 42.5 Å². The summed E-state index contributed by atoms with van der Waals surface area (Å²) < 4.78 is 20.6. The van der Waals surface area contributed by atoms with E-state index in [1.807, 2.05) is 18.0 Å². The number of halogens is 2. The van der Waals surface area contributed by atoms with E-state index in [4.69, 9.17) is 16.3 Å². The van der Waals surface area contributed by atoms with Gasteiger partial charge in [-0.3, -0.25) is 9.80 Å². The number of carboxylic acids is 1. The van der Waals surface area contributed by atoms with Crippen molar-refractivity contribution in [3.63, 3.8) is 0 Å². The van der Waals surface area contributed by atoms with Crippen LogP contribution in [-0.4, -0.2) is 78.0 Å². The number of anilines is 1. The van der Waals surface area contributed by atoms with Crippen LogP contribution in [0.1, 0.15) is 37.7 Å². The van der Waals surface area contributed by atoms with Crippen molar-refractivity contribution in [2.75, 3.05) is 32.6 Å². The number of rotatable bonds is 7. The molecule has 0 radical (unpaired) electrons. The molecule has 1 aliphatic heterocycles. The second-order valence-corrected chi connectivity index (χ2v) is 10.5. The predicted molar refractivity (Wildman–Crippen MR) is 139 cm³/mol. The zero-order valence-electron chi connectivity index (χ0n) is 21.2. The molecule has 2 aliphatic rings. The van der Waals surface area contributed by atoms with Crippen LogP contribution in [0.3, 0.4) is 0 Å². The molecule has 1 aliphatic carbocycles. The first-order valence-corrected chi connectivity index (χ1v) is 12.7. The molecule has 200 valence electrons. The zero-order chi connectivity index (χ0) is 26.9. The molecule has 1 amide bonds. The van der Waals surface area contributed by atoms with Gasteiger partial charge in [-0.2, -0.15) is 0 Å². The number of likely N-dealkylation sites (tertiary alicyclic amines) is 1. The Kier molecular flexibility index (Phi) is 7.85. The number of benzene rings is 2. The molecule has 2 aromatic rings. The second kappa shape index (κ2) is 10.8. The highest BCUT2D eigenvalue weighted by molar-refractivity contribution is 6.34. The van der Waals surface area contributed by atoms with Crippen LogP contribution in [0.2, 0.25) is 5.02 Å². The lowest BCUT2D eigenvalue weighted by atomic mass is 9.73. The molecule has 4 rings (SSSR count). The van der Waals surface area contributed by atoms with E-state index in [9.17, 15) is 24.2 Å². The van der Waals surface area contributed by atoms with Crippen LogP contribution in [0.5, 0.6) is 5.75 Å². The summed E-state index contributed by atoms with van der Waals surface area (Å²) in [4.78, 5) is 28.0. The number of ether oxygens (including phenoxy) is 1. The van der Waals surface area contributed by atoms with Crippen molar-refractivity contribution < 1.29 is 28.9 Å². The topological polar surface area (TPSA) is 93.5 Å². The third-order valence-corrected chi connectivity index (χ3v) is 8.33. The predicted octanol–water partition coefficient (Wildman–Crippen LogP) is 4.90. The van der Waals surface area contributed by atoms with Crippen LogP contribution in [0.4, 0.5) is 14.9 Å². The van der Waals surface area contributed by atoms with Gasteiger partial charge in [-0.25, -0.2) is 14.0 Å². The van der Waals surface area contributed by atoms with E-state index < -0.39 is 30.0 Å². The molecule has 8 nitrogen and oxygen atoms in total. The van der Waals surface area contributed by atoms with Gasteiger partial charge in [0.2, 0.25) is 0 Å². The SMILES string of the molecule is CN(c1cc(F)cc(O[C@H]2C[C@@H](C(=O)O)N(C(=O)O)C2)c1Cl)C1CCC(c2ccccc2)(N(C)C)CC1. The van der Waals surface area contributed by atoms with Crippen LogP contribution >= 0.6 is 11.6 Å². The first-order chi connectivity index (χ1) is 17.5. The number of nitrogens with zero attached hydrogens (tertiary/aromatic N) is 3. The lowest BCUT2D eigenvalue weighted by molar-refractivity contribution is -0.141. The molecule has 2 atom stereocenters. The Bertz CT molecular complexity index is 1120. The van der Waals surface area contributed by atoms with E-state index >= 15 is 0 Å². The van der Waals surface area contributed by atoms with Gasteiger partial charge in [0.25, 0.3) is 0 Å². The standard InChI is InChI=1S/C27H33ClFN3O5/c1-30(2)27(17-7-5-4-6-8-17)11-9-19(10-12-27)31(3)21-13-18(29)14-23(24(21)28)37-20-15-22(25(33)34)32(16-20)26(35)36/h4-8,13-14,19-20,22H,9-12,15-16H2,1-3H3,(H,33,34)(H,35,36)/t19?,20-,22-,27?/m0/s1. The summed E-state index contributed by atoms with van der Waals surface area (Å²) in [5.74, 6) is -1.71. The molecule has 10 heteroatoms. The lowest BCUT2D eigenvalue weighted by Gasteiger charge is -2.47. The van der Waals surface area contributed by atoms with Crippen molar-refractivity contribution in [2.45, 2.75) is 55.8 Å². The van der Waals surface area contributed by atoms with Crippen molar-refractivity contribution in [3.05, 3.63) is 58.9 Å². The third-order valence-electron chi connectivity index (χ3n) is 7.95. The molecular weight excluding hydrogens is 501 g/mol. The first kappa shape index (κ1) is 27.0. The minimum atomic E-state index is -1.34. The Morgan fingerprint density at radius 3 is 2.30 bits per heavy atom. The number of aliphatic carboxylic acids is 1. The molecule has 0 unspecified atom stereocenters. The maximum atomic E-state index is 14.7. The van der Waals surface area contributed by atoms with Crippen molar-refractivity contribution in [1.82, 2.24) is 9.80 Å². The van der Waals surface area contributed by atoms with E-state index in [0.29, 0.717) is 5.69 Å². The summed E-state index contributed by atoms with van der Waals surface area (Å²) in [5, 5.41) is 18.9. The summed E-state index contributed by atoms with van der Waals surface area (Å²) >= 11 is 6.69. The summed E-state index contributed by atoms with van der Waals surface area (Å²) in [6.07, 6.45) is 1.47. The van der Waals surface area contributed by atoms with Gasteiger partial charge >= 0.3 is 12.1 Å². The zero-order valence-corrected chi connectivity index (χ0v) is 22.0. The average Bonchev–Trinajstić information content (AvgIpc) is 3.31. The van der Waals surface area contributed by atoms with Crippen molar-refractivity contribution in [2.24, 2.45) is 0 Å². The summed E-state index contributed by atoms with van der Waals surface area (Å²) in [6.45, 7) is -0.140. The van der Waals surface area contributed by atoms with Gasteiger partial charge in [0, 0.05) is 31.1 Å². The normalized spacial score (nSPS) is 25.8. The van der Waals surface area contributed by atoms with Crippen LogP contribution < -0.4 is 9.64 Å². The van der Waals surface area contributed by atoms with E-state index in [1.54, 1.807) is 0 Å². The molecule has 2 fully saturated rings. The van der Waals surface area contributed by atoms with Gasteiger partial charge in [0.1, 0.15) is 28.7 Å². The maximum Gasteiger partial charge on any atom is 0.408 e. The highest BCUT2D eigenvalue weighted by Gasteiger charge is 2.42. The Morgan fingerprint density at radius 1 is 1.11 bits per heavy atom. The van der Waals surface area contributed by atoms with Gasteiger partial charge in [-0.1, -0.05) is 41.9 Å². The molecule has 2 aromatic carbocycles.